The van der Waals surface area contributed by atoms with E-state index in [4.69, 9.17) is 9.84 Å². The SMILES string of the molecule is CC1(Nc2ccc(C(F)(F)F)c(C(=O)O)c2)CCOC1. The molecular formula is C13H14F3NO3. The highest BCUT2D eigenvalue weighted by atomic mass is 19.4. The van der Waals surface area contributed by atoms with Crippen LogP contribution in [-0.2, 0) is 10.9 Å². The summed E-state index contributed by atoms with van der Waals surface area (Å²) in [7, 11) is 0. The van der Waals surface area contributed by atoms with E-state index in [1.807, 2.05) is 6.92 Å². The first kappa shape index (κ1) is 14.6. The molecule has 0 radical (unpaired) electrons. The fraction of sp³-hybridized carbons (Fsp3) is 0.462. The molecule has 1 saturated heterocycles. The lowest BCUT2D eigenvalue weighted by atomic mass is 10.00. The van der Waals surface area contributed by atoms with Gasteiger partial charge < -0.3 is 15.2 Å². The fourth-order valence-electron chi connectivity index (χ4n) is 2.16. The molecule has 2 N–H and O–H groups in total. The molecule has 1 aromatic carbocycles. The van der Waals surface area contributed by atoms with E-state index in [-0.39, 0.29) is 0 Å². The standard InChI is InChI=1S/C13H14F3NO3/c1-12(4-5-20-7-12)17-8-2-3-10(13(14,15)16)9(6-8)11(18)19/h2-3,6,17H,4-5,7H2,1H3,(H,18,19). The number of nitrogens with one attached hydrogen (secondary N) is 1. The Labute approximate surface area is 113 Å². The van der Waals surface area contributed by atoms with Gasteiger partial charge in [0.2, 0.25) is 0 Å². The van der Waals surface area contributed by atoms with E-state index in [0.29, 0.717) is 25.3 Å². The summed E-state index contributed by atoms with van der Waals surface area (Å²) in [6.07, 6.45) is -3.98. The molecular weight excluding hydrogens is 275 g/mol. The Morgan fingerprint density at radius 2 is 2.15 bits per heavy atom. The smallest absolute Gasteiger partial charge is 0.417 e. The van der Waals surface area contributed by atoms with Crippen LogP contribution in [0.1, 0.15) is 29.3 Å². The first-order chi connectivity index (χ1) is 9.21. The number of carbonyl (C=O) groups is 1. The van der Waals surface area contributed by atoms with Gasteiger partial charge in [-0.25, -0.2) is 4.79 Å². The predicted molar refractivity (Wildman–Crippen MR) is 65.9 cm³/mol. The first-order valence-electron chi connectivity index (χ1n) is 6.02. The van der Waals surface area contributed by atoms with Gasteiger partial charge in [0.1, 0.15) is 0 Å². The van der Waals surface area contributed by atoms with Crippen LogP contribution < -0.4 is 5.32 Å². The van der Waals surface area contributed by atoms with Gasteiger partial charge in [-0.1, -0.05) is 0 Å². The maximum Gasteiger partial charge on any atom is 0.417 e. The van der Waals surface area contributed by atoms with Crippen LogP contribution in [-0.4, -0.2) is 29.8 Å². The fourth-order valence-corrected chi connectivity index (χ4v) is 2.16. The normalized spacial score (nSPS) is 22.8. The summed E-state index contributed by atoms with van der Waals surface area (Å²) in [5.74, 6) is -1.60. The molecule has 0 aromatic heterocycles. The zero-order valence-corrected chi connectivity index (χ0v) is 10.8. The third-order valence-electron chi connectivity index (χ3n) is 3.22. The lowest BCUT2D eigenvalue weighted by Crippen LogP contribution is -2.35. The Balaban J connectivity index is 2.33. The molecule has 0 amide bonds. The van der Waals surface area contributed by atoms with Crippen molar-refractivity contribution in [1.29, 1.82) is 0 Å². The van der Waals surface area contributed by atoms with Gasteiger partial charge in [-0.2, -0.15) is 13.2 Å². The highest BCUT2D eigenvalue weighted by Gasteiger charge is 2.36. The second-order valence-corrected chi connectivity index (χ2v) is 5.05. The van der Waals surface area contributed by atoms with Crippen molar-refractivity contribution in [2.45, 2.75) is 25.1 Å². The van der Waals surface area contributed by atoms with Gasteiger partial charge in [0.25, 0.3) is 0 Å². The Bertz CT molecular complexity index is 522. The Hall–Kier alpha value is -1.76. The summed E-state index contributed by atoms with van der Waals surface area (Å²) in [6.45, 7) is 2.87. The number of hydrogen-bond donors (Lipinski definition) is 2. The highest BCUT2D eigenvalue weighted by molar-refractivity contribution is 5.91. The molecule has 0 bridgehead atoms. The molecule has 4 nitrogen and oxygen atoms in total. The summed E-state index contributed by atoms with van der Waals surface area (Å²) in [4.78, 5) is 11.0. The zero-order chi connectivity index (χ0) is 15.0. The number of alkyl halides is 3. The first-order valence-corrected chi connectivity index (χ1v) is 6.02. The lowest BCUT2D eigenvalue weighted by Gasteiger charge is -2.25. The number of aromatic carboxylic acids is 1. The third kappa shape index (κ3) is 3.04. The van der Waals surface area contributed by atoms with Crippen LogP contribution in [0.15, 0.2) is 18.2 Å². The Morgan fingerprint density at radius 3 is 2.65 bits per heavy atom. The average molecular weight is 289 g/mol. The Morgan fingerprint density at radius 1 is 1.45 bits per heavy atom. The average Bonchev–Trinajstić information content (AvgIpc) is 2.74. The molecule has 1 aliphatic rings. The van der Waals surface area contributed by atoms with Gasteiger partial charge in [-0.15, -0.1) is 0 Å². The van der Waals surface area contributed by atoms with Crippen molar-refractivity contribution in [3.63, 3.8) is 0 Å². The molecule has 1 unspecified atom stereocenters. The molecule has 7 heteroatoms. The lowest BCUT2D eigenvalue weighted by molar-refractivity contribution is -0.138. The van der Waals surface area contributed by atoms with E-state index < -0.39 is 28.8 Å². The number of carboxylic acid groups (broad SMARTS) is 1. The van der Waals surface area contributed by atoms with Crippen molar-refractivity contribution >= 4 is 11.7 Å². The number of anilines is 1. The summed E-state index contributed by atoms with van der Waals surface area (Å²) in [6, 6.07) is 3.03. The second-order valence-electron chi connectivity index (χ2n) is 5.05. The van der Waals surface area contributed by atoms with Crippen molar-refractivity contribution in [2.24, 2.45) is 0 Å². The quantitative estimate of drug-likeness (QED) is 0.898. The molecule has 2 rings (SSSR count). The van der Waals surface area contributed by atoms with E-state index in [1.54, 1.807) is 0 Å². The van der Waals surface area contributed by atoms with E-state index in [1.165, 1.54) is 6.07 Å². The highest BCUT2D eigenvalue weighted by Crippen LogP contribution is 2.34. The molecule has 110 valence electrons. The van der Waals surface area contributed by atoms with Gasteiger partial charge in [0.05, 0.1) is 23.3 Å². The molecule has 0 saturated carbocycles. The largest absolute Gasteiger partial charge is 0.478 e. The van der Waals surface area contributed by atoms with Gasteiger partial charge in [-0.3, -0.25) is 0 Å². The topological polar surface area (TPSA) is 58.6 Å². The monoisotopic (exact) mass is 289 g/mol. The summed E-state index contributed by atoms with van der Waals surface area (Å²) < 4.78 is 43.4. The van der Waals surface area contributed by atoms with Crippen LogP contribution in [0.3, 0.4) is 0 Å². The summed E-state index contributed by atoms with van der Waals surface area (Å²) in [5, 5.41) is 12.0. The van der Waals surface area contributed by atoms with Crippen molar-refractivity contribution < 1.29 is 27.8 Å². The van der Waals surface area contributed by atoms with Crippen LogP contribution in [0.2, 0.25) is 0 Å². The van der Waals surface area contributed by atoms with Gasteiger partial charge in [-0.05, 0) is 31.5 Å². The van der Waals surface area contributed by atoms with E-state index in [0.717, 1.165) is 12.1 Å². The minimum atomic E-state index is -4.69. The third-order valence-corrected chi connectivity index (χ3v) is 3.22. The number of hydrogen-bond acceptors (Lipinski definition) is 3. The number of benzene rings is 1. The molecule has 0 aliphatic carbocycles. The van der Waals surface area contributed by atoms with Crippen LogP contribution in [0.25, 0.3) is 0 Å². The number of halogens is 3. The second kappa shape index (κ2) is 4.97. The molecule has 1 atom stereocenters. The summed E-state index contributed by atoms with van der Waals surface area (Å²) >= 11 is 0. The van der Waals surface area contributed by atoms with Crippen LogP contribution >= 0.6 is 0 Å². The van der Waals surface area contributed by atoms with E-state index in [2.05, 4.69) is 5.32 Å². The van der Waals surface area contributed by atoms with Crippen molar-refractivity contribution in [2.75, 3.05) is 18.5 Å². The zero-order valence-electron chi connectivity index (χ0n) is 10.8. The van der Waals surface area contributed by atoms with Crippen molar-refractivity contribution in [3.8, 4) is 0 Å². The molecule has 20 heavy (non-hydrogen) atoms. The molecule has 1 heterocycles. The van der Waals surface area contributed by atoms with Crippen molar-refractivity contribution in [3.05, 3.63) is 29.3 Å². The molecule has 1 aliphatic heterocycles. The minimum absolute atomic E-state index is 0.336. The van der Waals surface area contributed by atoms with E-state index in [9.17, 15) is 18.0 Å². The molecule has 1 aromatic rings. The van der Waals surface area contributed by atoms with E-state index >= 15 is 0 Å². The van der Waals surface area contributed by atoms with Crippen LogP contribution in [0.4, 0.5) is 18.9 Å². The van der Waals surface area contributed by atoms with Gasteiger partial charge >= 0.3 is 12.1 Å². The van der Waals surface area contributed by atoms with Crippen molar-refractivity contribution in [1.82, 2.24) is 0 Å². The van der Waals surface area contributed by atoms with Crippen LogP contribution in [0.5, 0.6) is 0 Å². The minimum Gasteiger partial charge on any atom is -0.478 e. The number of carboxylic acids is 1. The maximum absolute atomic E-state index is 12.7. The number of rotatable bonds is 3. The maximum atomic E-state index is 12.7. The van der Waals surface area contributed by atoms with Gasteiger partial charge in [0, 0.05) is 12.3 Å². The van der Waals surface area contributed by atoms with Crippen LogP contribution in [0, 0.1) is 0 Å². The molecule has 1 fully saturated rings. The predicted octanol–water partition coefficient (Wildman–Crippen LogP) is 2.99. The van der Waals surface area contributed by atoms with Gasteiger partial charge in [0.15, 0.2) is 0 Å². The number of ether oxygens (including phenoxy) is 1. The Kier molecular flexibility index (Phi) is 3.64. The molecule has 0 spiro atoms. The summed E-state index contributed by atoms with van der Waals surface area (Å²) in [5.41, 5.74) is -1.97.